The zero-order valence-corrected chi connectivity index (χ0v) is 17.0. The molecule has 0 aliphatic rings. The molecule has 1 aromatic rings. The van der Waals surface area contributed by atoms with Crippen LogP contribution in [0.25, 0.3) is 0 Å². The second-order valence-corrected chi connectivity index (χ2v) is 6.80. The quantitative estimate of drug-likeness (QED) is 0.318. The highest BCUT2D eigenvalue weighted by molar-refractivity contribution is 6.19. The molecule has 1 rings (SSSR count). The molecule has 28 heavy (non-hydrogen) atoms. The standard InChI is InChI=1S/C22H30N2O4/c1-5-12-24(13-6-2)19-11-7-9-18(16(4)26)20(19)21(27)15(3)17(22(23)28)10-8-14-25/h7,9,11,14,17H,3,5-6,8,10,12-13H2,1-2,4H3,(H2,23,28). The zero-order valence-electron chi connectivity index (χ0n) is 17.0. The zero-order chi connectivity index (χ0) is 21.3. The number of ketones is 2. The van der Waals surface area contributed by atoms with Gasteiger partial charge in [0, 0.05) is 36.3 Å². The maximum Gasteiger partial charge on any atom is 0.225 e. The van der Waals surface area contributed by atoms with E-state index in [2.05, 4.69) is 11.5 Å². The molecular formula is C22H30N2O4. The summed E-state index contributed by atoms with van der Waals surface area (Å²) in [6.45, 7) is 10.7. The van der Waals surface area contributed by atoms with Gasteiger partial charge in [0.1, 0.15) is 6.29 Å². The molecule has 0 radical (unpaired) electrons. The summed E-state index contributed by atoms with van der Waals surface area (Å²) in [4.78, 5) is 50.2. The van der Waals surface area contributed by atoms with Gasteiger partial charge in [0.15, 0.2) is 11.6 Å². The summed E-state index contributed by atoms with van der Waals surface area (Å²) < 4.78 is 0. The first kappa shape index (κ1) is 23.3. The summed E-state index contributed by atoms with van der Waals surface area (Å²) >= 11 is 0. The van der Waals surface area contributed by atoms with Crippen molar-refractivity contribution in [3.8, 4) is 0 Å². The van der Waals surface area contributed by atoms with Gasteiger partial charge in [-0.25, -0.2) is 0 Å². The fourth-order valence-electron chi connectivity index (χ4n) is 3.27. The van der Waals surface area contributed by atoms with Crippen LogP contribution in [0, 0.1) is 5.92 Å². The average molecular weight is 386 g/mol. The Bertz CT molecular complexity index is 749. The van der Waals surface area contributed by atoms with E-state index >= 15 is 0 Å². The number of hydrogen-bond donors (Lipinski definition) is 1. The molecule has 2 N–H and O–H groups in total. The van der Waals surface area contributed by atoms with E-state index in [-0.39, 0.29) is 29.8 Å². The molecule has 0 aliphatic carbocycles. The van der Waals surface area contributed by atoms with E-state index in [4.69, 9.17) is 5.73 Å². The van der Waals surface area contributed by atoms with E-state index in [1.165, 1.54) is 6.92 Å². The summed E-state index contributed by atoms with van der Waals surface area (Å²) in [6, 6.07) is 5.16. The lowest BCUT2D eigenvalue weighted by Gasteiger charge is -2.27. The third kappa shape index (κ3) is 5.62. The van der Waals surface area contributed by atoms with Crippen LogP contribution >= 0.6 is 0 Å². The van der Waals surface area contributed by atoms with Crippen LogP contribution in [0.5, 0.6) is 0 Å². The van der Waals surface area contributed by atoms with E-state index in [1.807, 2.05) is 19.9 Å². The lowest BCUT2D eigenvalue weighted by Crippen LogP contribution is -2.31. The predicted octanol–water partition coefficient (Wildman–Crippen LogP) is 3.34. The molecule has 0 aromatic heterocycles. The van der Waals surface area contributed by atoms with Crippen LogP contribution in [0.4, 0.5) is 5.69 Å². The van der Waals surface area contributed by atoms with Crippen LogP contribution in [0.1, 0.15) is 67.2 Å². The van der Waals surface area contributed by atoms with Crippen molar-refractivity contribution in [1.29, 1.82) is 0 Å². The number of aldehydes is 1. The van der Waals surface area contributed by atoms with Crippen LogP contribution in [-0.4, -0.2) is 36.8 Å². The monoisotopic (exact) mass is 386 g/mol. The van der Waals surface area contributed by atoms with Crippen molar-refractivity contribution in [2.75, 3.05) is 18.0 Å². The molecule has 0 saturated heterocycles. The number of amides is 1. The first-order valence-corrected chi connectivity index (χ1v) is 9.65. The Morgan fingerprint density at radius 1 is 1.18 bits per heavy atom. The van der Waals surface area contributed by atoms with Gasteiger partial charge >= 0.3 is 0 Å². The summed E-state index contributed by atoms with van der Waals surface area (Å²) in [7, 11) is 0. The van der Waals surface area contributed by atoms with E-state index < -0.39 is 17.6 Å². The minimum Gasteiger partial charge on any atom is -0.371 e. The summed E-state index contributed by atoms with van der Waals surface area (Å²) in [5, 5.41) is 0. The van der Waals surface area contributed by atoms with Crippen molar-refractivity contribution in [2.45, 2.75) is 46.5 Å². The molecule has 0 spiro atoms. The Balaban J connectivity index is 3.51. The molecular weight excluding hydrogens is 356 g/mol. The van der Waals surface area contributed by atoms with Crippen molar-refractivity contribution < 1.29 is 19.2 Å². The molecule has 0 aliphatic heterocycles. The average Bonchev–Trinajstić information content (AvgIpc) is 2.66. The first-order valence-electron chi connectivity index (χ1n) is 9.65. The van der Waals surface area contributed by atoms with Crippen LogP contribution in [-0.2, 0) is 9.59 Å². The molecule has 0 saturated carbocycles. The number of nitrogens with two attached hydrogens (primary N) is 1. The molecule has 1 atom stereocenters. The Hall–Kier alpha value is -2.76. The molecule has 1 aromatic carbocycles. The van der Waals surface area contributed by atoms with Gasteiger partial charge in [0.05, 0.1) is 11.5 Å². The number of Topliss-reactive ketones (excluding diaryl/α,β-unsaturated/α-hetero) is 2. The number of hydrogen-bond acceptors (Lipinski definition) is 5. The normalized spacial score (nSPS) is 11.5. The van der Waals surface area contributed by atoms with Crippen LogP contribution < -0.4 is 10.6 Å². The van der Waals surface area contributed by atoms with Gasteiger partial charge in [-0.2, -0.15) is 0 Å². The smallest absolute Gasteiger partial charge is 0.225 e. The predicted molar refractivity (Wildman–Crippen MR) is 111 cm³/mol. The highest BCUT2D eigenvalue weighted by Crippen LogP contribution is 2.30. The molecule has 6 nitrogen and oxygen atoms in total. The van der Waals surface area contributed by atoms with Crippen molar-refractivity contribution in [2.24, 2.45) is 11.7 Å². The molecule has 6 heteroatoms. The molecule has 0 fully saturated rings. The summed E-state index contributed by atoms with van der Waals surface area (Å²) in [5.41, 5.74) is 6.65. The Labute approximate surface area is 166 Å². The summed E-state index contributed by atoms with van der Waals surface area (Å²) in [5.74, 6) is -2.38. The molecule has 0 bridgehead atoms. The molecule has 0 heterocycles. The number of anilines is 1. The minimum absolute atomic E-state index is 0.0113. The minimum atomic E-state index is -0.948. The second kappa shape index (κ2) is 11.2. The lowest BCUT2D eigenvalue weighted by atomic mass is 9.86. The SMILES string of the molecule is C=C(C(=O)c1c(C(C)=O)cccc1N(CCC)CCC)C(CCC=O)C(N)=O. The van der Waals surface area contributed by atoms with Crippen molar-refractivity contribution in [1.82, 2.24) is 0 Å². The first-order chi connectivity index (χ1) is 13.3. The van der Waals surface area contributed by atoms with Gasteiger partial charge in [-0.15, -0.1) is 0 Å². The van der Waals surface area contributed by atoms with Gasteiger partial charge in [-0.05, 0) is 32.3 Å². The van der Waals surface area contributed by atoms with E-state index in [1.54, 1.807) is 12.1 Å². The van der Waals surface area contributed by atoms with Crippen LogP contribution in [0.3, 0.4) is 0 Å². The van der Waals surface area contributed by atoms with Crippen molar-refractivity contribution in [3.05, 3.63) is 41.5 Å². The van der Waals surface area contributed by atoms with Gasteiger partial charge in [-0.1, -0.05) is 32.6 Å². The number of carbonyl (C=O) groups excluding carboxylic acids is 4. The van der Waals surface area contributed by atoms with Crippen molar-refractivity contribution in [3.63, 3.8) is 0 Å². The van der Waals surface area contributed by atoms with E-state index in [0.717, 1.165) is 25.9 Å². The molecule has 152 valence electrons. The topological polar surface area (TPSA) is 97.5 Å². The maximum atomic E-state index is 13.3. The van der Waals surface area contributed by atoms with Gasteiger partial charge in [-0.3, -0.25) is 14.4 Å². The number of nitrogens with zero attached hydrogens (tertiary/aromatic N) is 1. The Morgan fingerprint density at radius 3 is 2.25 bits per heavy atom. The maximum absolute atomic E-state index is 13.3. The number of carbonyl (C=O) groups is 4. The highest BCUT2D eigenvalue weighted by Gasteiger charge is 2.29. The third-order valence-corrected chi connectivity index (χ3v) is 4.61. The largest absolute Gasteiger partial charge is 0.371 e. The fourth-order valence-corrected chi connectivity index (χ4v) is 3.27. The summed E-state index contributed by atoms with van der Waals surface area (Å²) in [6.07, 6.45) is 2.64. The van der Waals surface area contributed by atoms with Gasteiger partial charge in [0.2, 0.25) is 5.91 Å². The van der Waals surface area contributed by atoms with Gasteiger partial charge < -0.3 is 15.4 Å². The second-order valence-electron chi connectivity index (χ2n) is 6.80. The molecule has 1 amide bonds. The lowest BCUT2D eigenvalue weighted by molar-refractivity contribution is -0.120. The van der Waals surface area contributed by atoms with E-state index in [9.17, 15) is 19.2 Å². The van der Waals surface area contributed by atoms with Crippen molar-refractivity contribution >= 4 is 29.4 Å². The van der Waals surface area contributed by atoms with E-state index in [0.29, 0.717) is 17.5 Å². The van der Waals surface area contributed by atoms with Crippen LogP contribution in [0.2, 0.25) is 0 Å². The molecule has 1 unspecified atom stereocenters. The Kier molecular flexibility index (Phi) is 9.28. The highest BCUT2D eigenvalue weighted by atomic mass is 16.2. The Morgan fingerprint density at radius 2 is 1.79 bits per heavy atom. The number of rotatable bonds is 13. The van der Waals surface area contributed by atoms with Crippen LogP contribution in [0.15, 0.2) is 30.4 Å². The fraction of sp³-hybridized carbons (Fsp3) is 0.455. The number of benzene rings is 1. The van der Waals surface area contributed by atoms with Gasteiger partial charge in [0.25, 0.3) is 0 Å². The third-order valence-electron chi connectivity index (χ3n) is 4.61. The number of primary amides is 1.